The van der Waals surface area contributed by atoms with Gasteiger partial charge in [0.25, 0.3) is 0 Å². The van der Waals surface area contributed by atoms with Crippen LogP contribution in [0.3, 0.4) is 0 Å². The Morgan fingerprint density at radius 1 is 1.00 bits per heavy atom. The molecule has 1 aromatic carbocycles. The van der Waals surface area contributed by atoms with Gasteiger partial charge in [0, 0.05) is 11.3 Å². The van der Waals surface area contributed by atoms with Crippen molar-refractivity contribution in [2.45, 2.75) is 51.4 Å². The highest BCUT2D eigenvalue weighted by Gasteiger charge is 2.36. The van der Waals surface area contributed by atoms with Crippen molar-refractivity contribution in [1.82, 2.24) is 0 Å². The molecule has 2 nitrogen and oxygen atoms in total. The predicted octanol–water partition coefficient (Wildman–Crippen LogP) is 4.38. The summed E-state index contributed by atoms with van der Waals surface area (Å²) in [5.41, 5.74) is 4.12. The molecule has 0 amide bonds. The van der Waals surface area contributed by atoms with Gasteiger partial charge in [0.05, 0.1) is 11.2 Å². The Balaban J connectivity index is 3.13. The van der Waals surface area contributed by atoms with Crippen molar-refractivity contribution in [2.75, 3.05) is 5.73 Å². The monoisotopic (exact) mass is 303 g/mol. The van der Waals surface area contributed by atoms with Crippen LogP contribution in [0.1, 0.15) is 45.7 Å². The van der Waals surface area contributed by atoms with E-state index in [9.17, 15) is 13.2 Å². The summed E-state index contributed by atoms with van der Waals surface area (Å²) in [6.45, 7) is 9.50. The van der Waals surface area contributed by atoms with Crippen LogP contribution in [0.25, 0.3) is 0 Å². The van der Waals surface area contributed by atoms with E-state index in [1.807, 2.05) is 20.8 Å². The third-order valence-corrected chi connectivity index (χ3v) is 3.90. The zero-order valence-electron chi connectivity index (χ0n) is 12.4. The Morgan fingerprint density at radius 3 is 1.95 bits per heavy atom. The fraction of sp³-hybridized carbons (Fsp3) is 0.571. The summed E-state index contributed by atoms with van der Waals surface area (Å²) < 4.78 is 44.4. The minimum atomic E-state index is -4.46. The molecule has 0 aliphatic heterocycles. The summed E-state index contributed by atoms with van der Waals surface area (Å²) in [4.78, 5) is 0. The topological polar surface area (TPSA) is 35.2 Å². The summed E-state index contributed by atoms with van der Waals surface area (Å²) in [6, 6.07) is 3.93. The van der Waals surface area contributed by atoms with E-state index in [1.165, 1.54) is 6.07 Å². The number of halogens is 3. The molecule has 2 radical (unpaired) electrons. The van der Waals surface area contributed by atoms with Crippen LogP contribution in [-0.4, -0.2) is 9.76 Å². The lowest BCUT2D eigenvalue weighted by Gasteiger charge is -2.31. The summed E-state index contributed by atoms with van der Waals surface area (Å²) in [5, 5.41) is -0.0479. The zero-order valence-corrected chi connectivity index (χ0v) is 13.4. The quantitative estimate of drug-likeness (QED) is 0.664. The van der Waals surface area contributed by atoms with Crippen LogP contribution < -0.4 is 5.73 Å². The van der Waals surface area contributed by atoms with Crippen LogP contribution >= 0.6 is 0 Å². The minimum Gasteiger partial charge on any atom is -0.408 e. The molecule has 0 aromatic heterocycles. The van der Waals surface area contributed by atoms with Crippen molar-refractivity contribution in [1.29, 1.82) is 0 Å². The van der Waals surface area contributed by atoms with Crippen LogP contribution in [0.5, 0.6) is 0 Å². The fourth-order valence-corrected chi connectivity index (χ4v) is 2.34. The Bertz CT molecular complexity index is 478. The fourth-order valence-electron chi connectivity index (χ4n) is 1.67. The van der Waals surface area contributed by atoms with Crippen LogP contribution in [0, 0.1) is 0 Å². The Kier molecular flexibility index (Phi) is 4.61. The van der Waals surface area contributed by atoms with Gasteiger partial charge in [0.1, 0.15) is 0 Å². The first kappa shape index (κ1) is 17.0. The van der Waals surface area contributed by atoms with Gasteiger partial charge in [0.2, 0.25) is 9.76 Å². The van der Waals surface area contributed by atoms with Gasteiger partial charge in [-0.1, -0.05) is 32.9 Å². The Morgan fingerprint density at radius 2 is 1.50 bits per heavy atom. The van der Waals surface area contributed by atoms with Gasteiger partial charge in [-0.15, -0.1) is 0 Å². The van der Waals surface area contributed by atoms with Gasteiger partial charge < -0.3 is 10.2 Å². The van der Waals surface area contributed by atoms with E-state index in [1.54, 1.807) is 19.9 Å². The maximum atomic E-state index is 12.9. The van der Waals surface area contributed by atoms with Crippen molar-refractivity contribution in [3.05, 3.63) is 29.3 Å². The van der Waals surface area contributed by atoms with Gasteiger partial charge >= 0.3 is 6.18 Å². The maximum absolute atomic E-state index is 12.9. The molecule has 0 saturated carbocycles. The normalized spacial score (nSPS) is 13.6. The van der Waals surface area contributed by atoms with Crippen molar-refractivity contribution >= 4 is 15.5 Å². The van der Waals surface area contributed by atoms with Gasteiger partial charge in [0.15, 0.2) is 0 Å². The second-order valence-corrected chi connectivity index (χ2v) is 8.14. The average Bonchev–Trinajstić information content (AvgIpc) is 2.24. The smallest absolute Gasteiger partial charge is 0.408 e. The Hall–Kier alpha value is -1.01. The first-order valence-electron chi connectivity index (χ1n) is 6.26. The molecule has 1 rings (SSSR count). The van der Waals surface area contributed by atoms with Crippen molar-refractivity contribution in [3.63, 3.8) is 0 Å². The van der Waals surface area contributed by atoms with E-state index < -0.39 is 17.3 Å². The molecule has 0 aliphatic rings. The van der Waals surface area contributed by atoms with Crippen molar-refractivity contribution in [3.8, 4) is 0 Å². The molecule has 0 bridgehead atoms. The molecular formula is C14H20F3NOSi. The third kappa shape index (κ3) is 4.24. The van der Waals surface area contributed by atoms with Crippen LogP contribution in [0.2, 0.25) is 5.04 Å². The molecule has 0 atom stereocenters. The second kappa shape index (κ2) is 5.41. The number of hydrogen-bond donors (Lipinski definition) is 1. The average molecular weight is 303 g/mol. The van der Waals surface area contributed by atoms with Crippen molar-refractivity contribution < 1.29 is 17.6 Å². The molecule has 0 saturated heterocycles. The lowest BCUT2D eigenvalue weighted by Crippen LogP contribution is -2.29. The van der Waals surface area contributed by atoms with E-state index in [4.69, 9.17) is 10.2 Å². The summed E-state index contributed by atoms with van der Waals surface area (Å²) in [7, 11) is 0.162. The van der Waals surface area contributed by atoms with Gasteiger partial charge in [-0.3, -0.25) is 0 Å². The van der Waals surface area contributed by atoms with Gasteiger partial charge in [-0.2, -0.15) is 13.2 Å². The second-order valence-electron chi connectivity index (χ2n) is 6.23. The standard InChI is InChI=1S/C14H20F3NOSi/c1-12(2,3)20-19-13(4,5)9-7-6-8-10(11(9)18)14(15,16)17/h6-8H,18H2,1-5H3. The molecule has 0 spiro atoms. The molecule has 112 valence electrons. The number of nitrogens with two attached hydrogens (primary N) is 1. The van der Waals surface area contributed by atoms with Gasteiger partial charge in [-0.25, -0.2) is 0 Å². The van der Waals surface area contributed by atoms with Crippen LogP contribution in [0.4, 0.5) is 18.9 Å². The maximum Gasteiger partial charge on any atom is 0.418 e. The largest absolute Gasteiger partial charge is 0.418 e. The molecular weight excluding hydrogens is 283 g/mol. The van der Waals surface area contributed by atoms with Crippen molar-refractivity contribution in [2.24, 2.45) is 0 Å². The molecule has 20 heavy (non-hydrogen) atoms. The number of nitrogen functional groups attached to an aromatic ring is 1. The number of rotatable bonds is 3. The molecule has 0 fully saturated rings. The van der Waals surface area contributed by atoms with E-state index >= 15 is 0 Å². The van der Waals surface area contributed by atoms with Crippen LogP contribution in [-0.2, 0) is 16.2 Å². The first-order chi connectivity index (χ1) is 8.84. The van der Waals surface area contributed by atoms with Crippen LogP contribution in [0.15, 0.2) is 18.2 Å². The molecule has 2 N–H and O–H groups in total. The highest BCUT2D eigenvalue weighted by atomic mass is 28.2. The summed E-state index contributed by atoms with van der Waals surface area (Å²) in [5.74, 6) is 0. The first-order valence-corrected chi connectivity index (χ1v) is 7.17. The zero-order chi connectivity index (χ0) is 15.8. The number of alkyl halides is 3. The van der Waals surface area contributed by atoms with E-state index in [2.05, 4.69) is 0 Å². The lowest BCUT2D eigenvalue weighted by molar-refractivity contribution is -0.137. The van der Waals surface area contributed by atoms with E-state index in [0.29, 0.717) is 5.56 Å². The molecule has 0 aliphatic carbocycles. The lowest BCUT2D eigenvalue weighted by atomic mass is 9.94. The highest BCUT2D eigenvalue weighted by molar-refractivity contribution is 6.31. The number of anilines is 1. The number of hydrogen-bond acceptors (Lipinski definition) is 2. The highest BCUT2D eigenvalue weighted by Crippen LogP contribution is 2.39. The number of benzene rings is 1. The molecule has 1 aromatic rings. The molecule has 0 unspecified atom stereocenters. The summed E-state index contributed by atoms with van der Waals surface area (Å²) in [6.07, 6.45) is -4.46. The van der Waals surface area contributed by atoms with E-state index in [0.717, 1.165) is 6.07 Å². The SMILES string of the molecule is CC(C)(C)[Si]OC(C)(C)c1cccc(C(F)(F)F)c1N. The number of para-hydroxylation sites is 1. The molecule has 0 heterocycles. The third-order valence-electron chi connectivity index (χ3n) is 2.67. The van der Waals surface area contributed by atoms with E-state index in [-0.39, 0.29) is 20.5 Å². The van der Waals surface area contributed by atoms with Gasteiger partial charge in [-0.05, 0) is 25.0 Å². The minimum absolute atomic E-state index is 0.0479. The summed E-state index contributed by atoms with van der Waals surface area (Å²) >= 11 is 0. The Labute approximate surface area is 120 Å². The molecule has 6 heteroatoms. The predicted molar refractivity (Wildman–Crippen MR) is 75.4 cm³/mol.